The maximum Gasteiger partial charge on any atom is 0.241 e. The van der Waals surface area contributed by atoms with Crippen molar-refractivity contribution >= 4 is 61.3 Å². The number of amides is 2. The number of hydrogen-bond donors (Lipinski definition) is 2. The van der Waals surface area contributed by atoms with Gasteiger partial charge >= 0.3 is 0 Å². The summed E-state index contributed by atoms with van der Waals surface area (Å²) in [7, 11) is -3.61. The zero-order valence-corrected chi connectivity index (χ0v) is 20.6. The lowest BCUT2D eigenvalue weighted by atomic mass is 10.1. The smallest absolute Gasteiger partial charge is 0.241 e. The van der Waals surface area contributed by atoms with Crippen molar-refractivity contribution in [2.45, 2.75) is 18.7 Å². The van der Waals surface area contributed by atoms with Gasteiger partial charge in [0.1, 0.15) is 6.42 Å². The molecule has 0 bridgehead atoms. The van der Waals surface area contributed by atoms with Crippen molar-refractivity contribution in [1.29, 1.82) is 0 Å². The third-order valence-corrected chi connectivity index (χ3v) is 7.61. The highest BCUT2D eigenvalue weighted by atomic mass is 35.5. The molecule has 1 aliphatic heterocycles. The number of fused-ring (bicyclic) bond motifs is 3. The lowest BCUT2D eigenvalue weighted by Crippen LogP contribution is -2.26. The van der Waals surface area contributed by atoms with Crippen LogP contribution in [-0.2, 0) is 31.9 Å². The highest BCUT2D eigenvalue weighted by molar-refractivity contribution is 7.88. The molecule has 1 aliphatic rings. The SMILES string of the molecule is O=C1CC(=O)N(c2ccc(CNS(=O)(=O)Cc3ccccc3Cl)cc2)c2ccc3ccccc3c2N1. The van der Waals surface area contributed by atoms with Crippen LogP contribution >= 0.6 is 11.6 Å². The summed E-state index contributed by atoms with van der Waals surface area (Å²) in [6.07, 6.45) is -0.285. The van der Waals surface area contributed by atoms with Crippen molar-refractivity contribution < 1.29 is 18.0 Å². The third kappa shape index (κ3) is 4.97. The van der Waals surface area contributed by atoms with E-state index in [1.165, 1.54) is 4.90 Å². The largest absolute Gasteiger partial charge is 0.323 e. The van der Waals surface area contributed by atoms with Crippen LogP contribution in [0.3, 0.4) is 0 Å². The van der Waals surface area contributed by atoms with E-state index in [0.717, 1.165) is 16.3 Å². The van der Waals surface area contributed by atoms with Crippen LogP contribution in [0.2, 0.25) is 5.02 Å². The Morgan fingerprint density at radius 3 is 2.39 bits per heavy atom. The minimum atomic E-state index is -3.61. The second-order valence-electron chi connectivity index (χ2n) is 8.47. The highest BCUT2D eigenvalue weighted by Gasteiger charge is 2.28. The van der Waals surface area contributed by atoms with E-state index in [1.807, 2.05) is 36.4 Å². The van der Waals surface area contributed by atoms with Crippen LogP contribution in [0, 0.1) is 0 Å². The van der Waals surface area contributed by atoms with E-state index in [9.17, 15) is 18.0 Å². The predicted octanol–water partition coefficient (Wildman–Crippen LogP) is 5.12. The first-order valence-electron chi connectivity index (χ1n) is 11.2. The first-order valence-corrected chi connectivity index (χ1v) is 13.3. The number of rotatable bonds is 6. The number of hydrogen-bond acceptors (Lipinski definition) is 4. The summed E-state index contributed by atoms with van der Waals surface area (Å²) in [5.41, 5.74) is 2.99. The van der Waals surface area contributed by atoms with E-state index in [-0.39, 0.29) is 30.5 Å². The summed E-state index contributed by atoms with van der Waals surface area (Å²) in [5, 5.41) is 5.07. The third-order valence-electron chi connectivity index (χ3n) is 5.97. The molecule has 1 heterocycles. The van der Waals surface area contributed by atoms with Gasteiger partial charge < -0.3 is 5.32 Å². The summed E-state index contributed by atoms with van der Waals surface area (Å²) in [6.45, 7) is 0.0856. The zero-order valence-electron chi connectivity index (χ0n) is 19.1. The Morgan fingerprint density at radius 1 is 0.889 bits per heavy atom. The average molecular weight is 520 g/mol. The fraction of sp³-hybridized carbons (Fsp3) is 0.111. The van der Waals surface area contributed by atoms with Gasteiger partial charge in [-0.1, -0.05) is 72.3 Å². The summed E-state index contributed by atoms with van der Waals surface area (Å²) in [4.78, 5) is 27.0. The van der Waals surface area contributed by atoms with Crippen LogP contribution in [-0.4, -0.2) is 20.2 Å². The quantitative estimate of drug-likeness (QED) is 0.346. The molecule has 0 atom stereocenters. The van der Waals surface area contributed by atoms with Crippen molar-refractivity contribution in [3.63, 3.8) is 0 Å². The molecule has 0 unspecified atom stereocenters. The highest BCUT2D eigenvalue weighted by Crippen LogP contribution is 2.39. The number of anilines is 3. The molecule has 0 radical (unpaired) electrons. The molecule has 4 aromatic rings. The molecule has 2 N–H and O–H groups in total. The van der Waals surface area contributed by atoms with Crippen LogP contribution < -0.4 is 14.9 Å². The first kappa shape index (κ1) is 24.0. The van der Waals surface area contributed by atoms with E-state index in [0.29, 0.717) is 27.6 Å². The van der Waals surface area contributed by atoms with Crippen LogP contribution in [0.15, 0.2) is 84.9 Å². The molecule has 0 saturated carbocycles. The van der Waals surface area contributed by atoms with Gasteiger partial charge in [-0.2, -0.15) is 0 Å². The van der Waals surface area contributed by atoms with E-state index in [1.54, 1.807) is 48.5 Å². The van der Waals surface area contributed by atoms with Gasteiger partial charge in [0.2, 0.25) is 21.8 Å². The summed E-state index contributed by atoms with van der Waals surface area (Å²) in [5.74, 6) is -0.946. The maximum absolute atomic E-state index is 13.0. The number of benzene rings is 4. The molecule has 182 valence electrons. The van der Waals surface area contributed by atoms with E-state index in [2.05, 4.69) is 10.0 Å². The van der Waals surface area contributed by atoms with Crippen molar-refractivity contribution in [2.75, 3.05) is 10.2 Å². The molecule has 0 aliphatic carbocycles. The monoisotopic (exact) mass is 519 g/mol. The average Bonchev–Trinajstić information content (AvgIpc) is 2.99. The van der Waals surface area contributed by atoms with Crippen molar-refractivity contribution in [3.05, 3.63) is 101 Å². The number of halogens is 1. The molecule has 7 nitrogen and oxygen atoms in total. The standard InChI is InChI=1S/C27H22ClN3O4S/c28-23-8-4-2-6-20(23)17-36(34,35)29-16-18-9-12-21(13-10-18)31-24-14-11-19-5-1-3-7-22(19)27(24)30-25(32)15-26(31)33/h1-14,29H,15-17H2,(H,30,32). The Balaban J connectivity index is 1.39. The maximum atomic E-state index is 13.0. The van der Waals surface area contributed by atoms with Crippen LogP contribution in [0.4, 0.5) is 17.1 Å². The van der Waals surface area contributed by atoms with Gasteiger partial charge in [0.05, 0.1) is 17.1 Å². The molecule has 2 amide bonds. The Morgan fingerprint density at radius 2 is 1.61 bits per heavy atom. The van der Waals surface area contributed by atoms with Crippen LogP contribution in [0.5, 0.6) is 0 Å². The van der Waals surface area contributed by atoms with Gasteiger partial charge in [-0.15, -0.1) is 0 Å². The minimum Gasteiger partial charge on any atom is -0.323 e. The van der Waals surface area contributed by atoms with E-state index in [4.69, 9.17) is 11.6 Å². The number of carbonyl (C=O) groups is 2. The molecular weight excluding hydrogens is 498 g/mol. The molecular formula is C27H22ClN3O4S. The predicted molar refractivity (Wildman–Crippen MR) is 142 cm³/mol. The second-order valence-corrected chi connectivity index (χ2v) is 10.7. The lowest BCUT2D eigenvalue weighted by Gasteiger charge is -2.23. The topological polar surface area (TPSA) is 95.6 Å². The Labute approximate surface area is 213 Å². The number of nitrogens with one attached hydrogen (secondary N) is 2. The molecule has 4 aromatic carbocycles. The fourth-order valence-corrected chi connectivity index (χ4v) is 5.65. The van der Waals surface area contributed by atoms with Gasteiger partial charge in [-0.25, -0.2) is 13.1 Å². The molecule has 36 heavy (non-hydrogen) atoms. The van der Waals surface area contributed by atoms with Crippen molar-refractivity contribution in [2.24, 2.45) is 0 Å². The van der Waals surface area contributed by atoms with E-state index >= 15 is 0 Å². The Kier molecular flexibility index (Phi) is 6.49. The lowest BCUT2D eigenvalue weighted by molar-refractivity contribution is -0.124. The van der Waals surface area contributed by atoms with Crippen molar-refractivity contribution in [1.82, 2.24) is 4.72 Å². The Hall–Kier alpha value is -3.72. The van der Waals surface area contributed by atoms with Crippen LogP contribution in [0.25, 0.3) is 10.8 Å². The summed E-state index contributed by atoms with van der Waals surface area (Å²) in [6, 6.07) is 25.2. The Bertz CT molecular complexity index is 1590. The molecule has 9 heteroatoms. The number of sulfonamides is 1. The van der Waals surface area contributed by atoms with Crippen LogP contribution in [0.1, 0.15) is 17.5 Å². The molecule has 0 saturated heterocycles. The van der Waals surface area contributed by atoms with Gasteiger partial charge in [0, 0.05) is 22.6 Å². The summed E-state index contributed by atoms with van der Waals surface area (Å²) < 4.78 is 27.7. The number of carbonyl (C=O) groups excluding carboxylic acids is 2. The second kappa shape index (κ2) is 9.73. The van der Waals surface area contributed by atoms with E-state index < -0.39 is 10.0 Å². The van der Waals surface area contributed by atoms with Gasteiger partial charge in [0.15, 0.2) is 0 Å². The van der Waals surface area contributed by atoms with Gasteiger partial charge in [-0.3, -0.25) is 14.5 Å². The van der Waals surface area contributed by atoms with Gasteiger partial charge in [0.25, 0.3) is 0 Å². The molecule has 5 rings (SSSR count). The molecule has 0 fully saturated rings. The zero-order chi connectivity index (χ0) is 25.3. The minimum absolute atomic E-state index is 0.0856. The fourth-order valence-electron chi connectivity index (χ4n) is 4.22. The summed E-state index contributed by atoms with van der Waals surface area (Å²) >= 11 is 6.09. The normalized spacial score (nSPS) is 13.9. The molecule has 0 spiro atoms. The number of nitrogens with zero attached hydrogens (tertiary/aromatic N) is 1. The van der Waals surface area contributed by atoms with Gasteiger partial charge in [-0.05, 0) is 40.8 Å². The van der Waals surface area contributed by atoms with Crippen molar-refractivity contribution in [3.8, 4) is 0 Å². The molecule has 0 aromatic heterocycles. The first-order chi connectivity index (χ1) is 17.3.